The molecule has 1 rings (SSSR count). The maximum Gasteiger partial charge on any atom is 0.0810 e. The fourth-order valence-corrected chi connectivity index (χ4v) is 1.43. The molecular weight excluding hydrogens is 140 g/mol. The van der Waals surface area contributed by atoms with Crippen LogP contribution in [-0.4, -0.2) is 23.9 Å². The number of ether oxygens (including phenoxy) is 1. The Balaban J connectivity index is 2.13. The fraction of sp³-hybridized carbons (Fsp3) is 0.778. The maximum absolute atomic E-state index is 8.76. The molecule has 0 aromatic heterocycles. The van der Waals surface area contributed by atoms with Crippen LogP contribution in [0.4, 0.5) is 0 Å². The largest absolute Gasteiger partial charge is 0.394 e. The first kappa shape index (κ1) is 8.75. The molecule has 0 radical (unpaired) electrons. The van der Waals surface area contributed by atoms with Crippen LogP contribution in [-0.2, 0) is 4.74 Å². The first-order chi connectivity index (χ1) is 5.36. The topological polar surface area (TPSA) is 29.5 Å². The summed E-state index contributed by atoms with van der Waals surface area (Å²) in [6, 6.07) is 0. The summed E-state index contributed by atoms with van der Waals surface area (Å²) in [7, 11) is 0. The van der Waals surface area contributed by atoms with Crippen LogP contribution in [0.1, 0.15) is 25.7 Å². The Kier molecular flexibility index (Phi) is 3.60. The Morgan fingerprint density at radius 3 is 2.73 bits per heavy atom. The van der Waals surface area contributed by atoms with Gasteiger partial charge in [-0.3, -0.25) is 0 Å². The highest BCUT2D eigenvalue weighted by Crippen LogP contribution is 2.22. The molecule has 0 spiro atoms. The summed E-state index contributed by atoms with van der Waals surface area (Å²) in [5.74, 6) is 0. The summed E-state index contributed by atoms with van der Waals surface area (Å²) in [5, 5.41) is 8.76. The van der Waals surface area contributed by atoms with Gasteiger partial charge in [0.25, 0.3) is 0 Å². The monoisotopic (exact) mass is 156 g/mol. The summed E-state index contributed by atoms with van der Waals surface area (Å²) >= 11 is 0. The SMILES string of the molecule is C=CCC[C@H]1CC[C@H](CO)O1. The van der Waals surface area contributed by atoms with E-state index in [0.29, 0.717) is 6.10 Å². The van der Waals surface area contributed by atoms with Crippen LogP contribution in [0.25, 0.3) is 0 Å². The summed E-state index contributed by atoms with van der Waals surface area (Å²) < 4.78 is 5.51. The molecule has 0 aromatic rings. The molecule has 2 atom stereocenters. The summed E-state index contributed by atoms with van der Waals surface area (Å²) in [6.07, 6.45) is 6.56. The lowest BCUT2D eigenvalue weighted by Gasteiger charge is -2.09. The van der Waals surface area contributed by atoms with Crippen molar-refractivity contribution in [2.45, 2.75) is 37.9 Å². The van der Waals surface area contributed by atoms with Crippen LogP contribution in [0, 0.1) is 0 Å². The Labute approximate surface area is 67.9 Å². The van der Waals surface area contributed by atoms with Gasteiger partial charge in [0.2, 0.25) is 0 Å². The van der Waals surface area contributed by atoms with E-state index in [1.807, 2.05) is 6.08 Å². The van der Waals surface area contributed by atoms with Crippen molar-refractivity contribution in [2.24, 2.45) is 0 Å². The highest BCUT2D eigenvalue weighted by molar-refractivity contribution is 4.76. The number of hydrogen-bond acceptors (Lipinski definition) is 2. The predicted molar refractivity (Wildman–Crippen MR) is 44.4 cm³/mol. The molecule has 0 amide bonds. The number of aliphatic hydroxyl groups is 1. The second kappa shape index (κ2) is 4.52. The van der Waals surface area contributed by atoms with Crippen LogP contribution in [0.2, 0.25) is 0 Å². The normalized spacial score (nSPS) is 30.6. The molecule has 2 nitrogen and oxygen atoms in total. The molecule has 64 valence electrons. The average molecular weight is 156 g/mol. The van der Waals surface area contributed by atoms with Crippen LogP contribution < -0.4 is 0 Å². The van der Waals surface area contributed by atoms with Gasteiger partial charge in [-0.1, -0.05) is 6.08 Å². The van der Waals surface area contributed by atoms with Crippen molar-refractivity contribution in [3.05, 3.63) is 12.7 Å². The van der Waals surface area contributed by atoms with E-state index < -0.39 is 0 Å². The van der Waals surface area contributed by atoms with Gasteiger partial charge in [0.1, 0.15) is 0 Å². The van der Waals surface area contributed by atoms with E-state index in [2.05, 4.69) is 6.58 Å². The average Bonchev–Trinajstić information content (AvgIpc) is 2.48. The molecule has 1 aliphatic heterocycles. The van der Waals surface area contributed by atoms with E-state index in [1.165, 1.54) is 0 Å². The lowest BCUT2D eigenvalue weighted by molar-refractivity contribution is 0.00901. The van der Waals surface area contributed by atoms with Gasteiger partial charge in [-0.15, -0.1) is 6.58 Å². The third-order valence-electron chi connectivity index (χ3n) is 2.09. The fourth-order valence-electron chi connectivity index (χ4n) is 1.43. The smallest absolute Gasteiger partial charge is 0.0810 e. The van der Waals surface area contributed by atoms with Crippen LogP contribution in [0.3, 0.4) is 0 Å². The number of rotatable bonds is 4. The van der Waals surface area contributed by atoms with Crippen molar-refractivity contribution >= 4 is 0 Å². The molecular formula is C9H16O2. The van der Waals surface area contributed by atoms with Gasteiger partial charge in [0.15, 0.2) is 0 Å². The first-order valence-corrected chi connectivity index (χ1v) is 4.24. The van der Waals surface area contributed by atoms with Crippen molar-refractivity contribution in [1.29, 1.82) is 0 Å². The molecule has 0 aliphatic carbocycles. The van der Waals surface area contributed by atoms with Gasteiger partial charge in [0, 0.05) is 0 Å². The van der Waals surface area contributed by atoms with E-state index in [4.69, 9.17) is 9.84 Å². The lowest BCUT2D eigenvalue weighted by Crippen LogP contribution is -2.14. The van der Waals surface area contributed by atoms with Gasteiger partial charge in [-0.25, -0.2) is 0 Å². The second-order valence-corrected chi connectivity index (χ2v) is 3.01. The van der Waals surface area contributed by atoms with Gasteiger partial charge >= 0.3 is 0 Å². The Morgan fingerprint density at radius 2 is 2.18 bits per heavy atom. The Bertz CT molecular complexity index is 123. The van der Waals surface area contributed by atoms with Gasteiger partial charge in [-0.2, -0.15) is 0 Å². The van der Waals surface area contributed by atoms with Gasteiger partial charge in [0.05, 0.1) is 18.8 Å². The zero-order chi connectivity index (χ0) is 8.10. The summed E-state index contributed by atoms with van der Waals surface area (Å²) in [4.78, 5) is 0. The van der Waals surface area contributed by atoms with E-state index in [1.54, 1.807) is 0 Å². The molecule has 1 heterocycles. The quantitative estimate of drug-likeness (QED) is 0.625. The van der Waals surface area contributed by atoms with Crippen molar-refractivity contribution in [2.75, 3.05) is 6.61 Å². The molecule has 1 aliphatic rings. The first-order valence-electron chi connectivity index (χ1n) is 4.24. The van der Waals surface area contributed by atoms with E-state index in [-0.39, 0.29) is 12.7 Å². The summed E-state index contributed by atoms with van der Waals surface area (Å²) in [6.45, 7) is 3.83. The molecule has 0 bridgehead atoms. The van der Waals surface area contributed by atoms with Crippen molar-refractivity contribution in [3.63, 3.8) is 0 Å². The molecule has 0 unspecified atom stereocenters. The standard InChI is InChI=1S/C9H16O2/c1-2-3-4-8-5-6-9(7-10)11-8/h2,8-10H,1,3-7H2/t8-,9+/m0/s1. The zero-order valence-electron chi connectivity index (χ0n) is 6.83. The van der Waals surface area contributed by atoms with Crippen LogP contribution in [0.5, 0.6) is 0 Å². The summed E-state index contributed by atoms with van der Waals surface area (Å²) in [5.41, 5.74) is 0. The lowest BCUT2D eigenvalue weighted by atomic mass is 10.1. The molecule has 11 heavy (non-hydrogen) atoms. The van der Waals surface area contributed by atoms with Crippen LogP contribution >= 0.6 is 0 Å². The van der Waals surface area contributed by atoms with Crippen molar-refractivity contribution in [3.8, 4) is 0 Å². The van der Waals surface area contributed by atoms with E-state index >= 15 is 0 Å². The highest BCUT2D eigenvalue weighted by atomic mass is 16.5. The molecule has 0 aromatic carbocycles. The molecule has 1 saturated heterocycles. The molecule has 0 saturated carbocycles. The predicted octanol–water partition coefficient (Wildman–Crippen LogP) is 1.49. The minimum atomic E-state index is 0.102. The van der Waals surface area contributed by atoms with E-state index in [9.17, 15) is 0 Å². The third kappa shape index (κ3) is 2.64. The van der Waals surface area contributed by atoms with Crippen molar-refractivity contribution < 1.29 is 9.84 Å². The number of aliphatic hydroxyl groups excluding tert-OH is 1. The zero-order valence-corrected chi connectivity index (χ0v) is 6.83. The van der Waals surface area contributed by atoms with Gasteiger partial charge < -0.3 is 9.84 Å². The Hall–Kier alpha value is -0.340. The molecule has 1 fully saturated rings. The minimum Gasteiger partial charge on any atom is -0.394 e. The van der Waals surface area contributed by atoms with Gasteiger partial charge in [-0.05, 0) is 25.7 Å². The molecule has 2 heteroatoms. The second-order valence-electron chi connectivity index (χ2n) is 3.01. The highest BCUT2D eigenvalue weighted by Gasteiger charge is 2.23. The number of hydrogen-bond donors (Lipinski definition) is 1. The third-order valence-corrected chi connectivity index (χ3v) is 2.09. The van der Waals surface area contributed by atoms with E-state index in [0.717, 1.165) is 25.7 Å². The maximum atomic E-state index is 8.76. The van der Waals surface area contributed by atoms with Crippen LogP contribution in [0.15, 0.2) is 12.7 Å². The Morgan fingerprint density at radius 1 is 1.45 bits per heavy atom. The number of allylic oxidation sites excluding steroid dienone is 1. The van der Waals surface area contributed by atoms with Crippen molar-refractivity contribution in [1.82, 2.24) is 0 Å². The molecule has 1 N–H and O–H groups in total. The minimum absolute atomic E-state index is 0.102.